The van der Waals surface area contributed by atoms with E-state index in [-0.39, 0.29) is 11.3 Å². The molecule has 0 bridgehead atoms. The van der Waals surface area contributed by atoms with Crippen LogP contribution in [0, 0.1) is 6.92 Å². The number of unbranched alkanes of at least 4 members (excludes halogenated alkanes) is 11. The second-order valence-corrected chi connectivity index (χ2v) is 13.5. The zero-order valence-corrected chi connectivity index (χ0v) is 26.6. The van der Waals surface area contributed by atoms with E-state index >= 15 is 0 Å². The predicted octanol–water partition coefficient (Wildman–Crippen LogP) is 2.27. The number of benzene rings is 1. The van der Waals surface area contributed by atoms with E-state index in [0.29, 0.717) is 6.42 Å². The summed E-state index contributed by atoms with van der Waals surface area (Å²) in [5.41, 5.74) is 0.860. The van der Waals surface area contributed by atoms with Crippen LogP contribution in [0.3, 0.4) is 0 Å². The molecule has 1 heterocycles. The Morgan fingerprint density at radius 1 is 0.837 bits per heavy atom. The Bertz CT molecular complexity index is 977. The van der Waals surface area contributed by atoms with Gasteiger partial charge in [-0.2, -0.15) is 0 Å². The van der Waals surface area contributed by atoms with E-state index in [1.54, 1.807) is 12.1 Å². The summed E-state index contributed by atoms with van der Waals surface area (Å²) in [6.45, 7) is 2.84. The van der Waals surface area contributed by atoms with E-state index in [2.05, 4.69) is 11.6 Å². The van der Waals surface area contributed by atoms with Gasteiger partial charge in [0.15, 0.2) is 6.29 Å². The fourth-order valence-corrected chi connectivity index (χ4v) is 6.46. The Labute approximate surface area is 257 Å². The molecule has 1 saturated heterocycles. The molecule has 0 aromatic heterocycles. The van der Waals surface area contributed by atoms with Crippen molar-refractivity contribution >= 4 is 10.0 Å². The maximum absolute atomic E-state index is 13.1. The third-order valence-corrected chi connectivity index (χ3v) is 9.59. The number of hydrogen-bond acceptors (Lipinski definition) is 10. The summed E-state index contributed by atoms with van der Waals surface area (Å²) in [6.07, 6.45) is 3.54. The molecule has 7 N–H and O–H groups in total. The maximum Gasteiger partial charge on any atom is 0.240 e. The van der Waals surface area contributed by atoms with Gasteiger partial charge < -0.3 is 40.1 Å². The standard InChI is InChI=1S/C31H55NO10S/c1-3-4-5-6-7-8-9-10-11-12-13-14-15-25(34)27(35)24(32-43(39,40)23-18-16-22(2)17-19-23)21-41-31-30(38)29(37)28(36)26(20-33)42-31/h16-19,24-38H,3-15,20-21H2,1-2H3/t24-,25-,26-,27+,28+,29+,30-,31+/m1/s1. The second-order valence-electron chi connectivity index (χ2n) is 11.8. The molecule has 250 valence electrons. The van der Waals surface area contributed by atoms with Gasteiger partial charge in [-0.3, -0.25) is 0 Å². The van der Waals surface area contributed by atoms with Gasteiger partial charge in [-0.15, -0.1) is 0 Å². The molecule has 0 amide bonds. The largest absolute Gasteiger partial charge is 0.394 e. The van der Waals surface area contributed by atoms with Crippen molar-refractivity contribution in [2.24, 2.45) is 0 Å². The zero-order chi connectivity index (χ0) is 31.8. The Kier molecular flexibility index (Phi) is 17.7. The van der Waals surface area contributed by atoms with Crippen LogP contribution in [-0.4, -0.2) is 101 Å². The Morgan fingerprint density at radius 2 is 1.37 bits per heavy atom. The highest BCUT2D eigenvalue weighted by Gasteiger charge is 2.44. The fraction of sp³-hybridized carbons (Fsp3) is 0.806. The van der Waals surface area contributed by atoms with Crippen LogP contribution >= 0.6 is 0 Å². The summed E-state index contributed by atoms with van der Waals surface area (Å²) in [5, 5.41) is 61.6. The number of aliphatic hydroxyl groups is 6. The van der Waals surface area contributed by atoms with Crippen molar-refractivity contribution in [2.75, 3.05) is 13.2 Å². The number of sulfonamides is 1. The molecule has 0 aliphatic carbocycles. The zero-order valence-electron chi connectivity index (χ0n) is 25.8. The van der Waals surface area contributed by atoms with Crippen molar-refractivity contribution in [2.45, 2.75) is 151 Å². The molecule has 0 radical (unpaired) electrons. The van der Waals surface area contributed by atoms with Crippen molar-refractivity contribution in [3.63, 3.8) is 0 Å². The molecule has 43 heavy (non-hydrogen) atoms. The lowest BCUT2D eigenvalue weighted by molar-refractivity contribution is -0.303. The van der Waals surface area contributed by atoms with Crippen molar-refractivity contribution in [3.05, 3.63) is 29.8 Å². The molecule has 1 aliphatic rings. The quantitative estimate of drug-likeness (QED) is 0.0934. The average Bonchev–Trinajstić information content (AvgIpc) is 2.99. The van der Waals surface area contributed by atoms with Crippen molar-refractivity contribution in [1.29, 1.82) is 0 Å². The van der Waals surface area contributed by atoms with Crippen LogP contribution < -0.4 is 4.72 Å². The van der Waals surface area contributed by atoms with Gasteiger partial charge in [0, 0.05) is 0 Å². The van der Waals surface area contributed by atoms with Gasteiger partial charge in [-0.1, -0.05) is 102 Å². The Balaban J connectivity index is 1.92. The van der Waals surface area contributed by atoms with E-state index in [1.807, 2.05) is 6.92 Å². The summed E-state index contributed by atoms with van der Waals surface area (Å²) < 4.78 is 39.5. The van der Waals surface area contributed by atoms with Gasteiger partial charge in [0.05, 0.1) is 36.4 Å². The number of rotatable bonds is 22. The first-order valence-corrected chi connectivity index (χ1v) is 17.4. The highest BCUT2D eigenvalue weighted by atomic mass is 32.2. The normalized spacial score (nSPS) is 25.0. The molecule has 0 spiro atoms. The Morgan fingerprint density at radius 3 is 1.91 bits per heavy atom. The van der Waals surface area contributed by atoms with Crippen LogP contribution in [0.4, 0.5) is 0 Å². The molecule has 1 aliphatic heterocycles. The number of nitrogens with one attached hydrogen (secondary N) is 1. The lowest BCUT2D eigenvalue weighted by Gasteiger charge is -2.40. The summed E-state index contributed by atoms with van der Waals surface area (Å²) in [6, 6.07) is 4.76. The third-order valence-electron chi connectivity index (χ3n) is 8.09. The van der Waals surface area contributed by atoms with Gasteiger partial charge in [0.25, 0.3) is 0 Å². The van der Waals surface area contributed by atoms with E-state index in [9.17, 15) is 39.1 Å². The fourth-order valence-electron chi connectivity index (χ4n) is 5.22. The van der Waals surface area contributed by atoms with E-state index in [4.69, 9.17) is 9.47 Å². The minimum Gasteiger partial charge on any atom is -0.394 e. The highest BCUT2D eigenvalue weighted by Crippen LogP contribution is 2.23. The van der Waals surface area contributed by atoms with Gasteiger partial charge in [-0.25, -0.2) is 13.1 Å². The van der Waals surface area contributed by atoms with E-state index in [1.165, 1.54) is 63.5 Å². The lowest BCUT2D eigenvalue weighted by atomic mass is 9.99. The van der Waals surface area contributed by atoms with Crippen LogP contribution in [0.25, 0.3) is 0 Å². The number of aryl methyl sites for hydroxylation is 1. The van der Waals surface area contributed by atoms with E-state index < -0.39 is 72.2 Å². The topological polar surface area (TPSA) is 186 Å². The molecule has 1 aromatic carbocycles. The molecule has 11 nitrogen and oxygen atoms in total. The summed E-state index contributed by atoms with van der Waals surface area (Å²) >= 11 is 0. The van der Waals surface area contributed by atoms with Crippen molar-refractivity contribution in [3.8, 4) is 0 Å². The van der Waals surface area contributed by atoms with Crippen LogP contribution in [0.5, 0.6) is 0 Å². The molecular formula is C31H55NO10S. The van der Waals surface area contributed by atoms with Crippen LogP contribution in [0.2, 0.25) is 0 Å². The SMILES string of the molecule is CCCCCCCCCCCCCC[C@@H](O)[C@@H](O)[C@@H](CO[C@H]1O[C@H](CO)[C@H](O)[C@H](O)[C@H]1O)NS(=O)(=O)c1ccc(C)cc1. The third kappa shape index (κ3) is 13.0. The number of ether oxygens (including phenoxy) is 2. The number of hydrogen-bond donors (Lipinski definition) is 7. The lowest BCUT2D eigenvalue weighted by Crippen LogP contribution is -2.60. The summed E-state index contributed by atoms with van der Waals surface area (Å²) in [4.78, 5) is -0.0430. The minimum atomic E-state index is -4.14. The number of aliphatic hydroxyl groups excluding tert-OH is 6. The van der Waals surface area contributed by atoms with Crippen LogP contribution in [-0.2, 0) is 19.5 Å². The van der Waals surface area contributed by atoms with Gasteiger partial charge in [0.1, 0.15) is 24.4 Å². The highest BCUT2D eigenvalue weighted by molar-refractivity contribution is 7.89. The van der Waals surface area contributed by atoms with Gasteiger partial charge >= 0.3 is 0 Å². The second kappa shape index (κ2) is 20.0. The first kappa shape index (κ1) is 38.0. The van der Waals surface area contributed by atoms with Gasteiger partial charge in [0.2, 0.25) is 10.0 Å². The van der Waals surface area contributed by atoms with Gasteiger partial charge in [-0.05, 0) is 25.5 Å². The molecule has 0 unspecified atom stereocenters. The van der Waals surface area contributed by atoms with E-state index in [0.717, 1.165) is 24.8 Å². The van der Waals surface area contributed by atoms with Crippen LogP contribution in [0.1, 0.15) is 96.0 Å². The molecule has 1 fully saturated rings. The summed E-state index contributed by atoms with van der Waals surface area (Å²) in [5.74, 6) is 0. The molecule has 12 heteroatoms. The van der Waals surface area contributed by atoms with Crippen molar-refractivity contribution < 1.29 is 48.5 Å². The molecule has 0 saturated carbocycles. The molecule has 2 rings (SSSR count). The molecule has 1 aromatic rings. The summed E-state index contributed by atoms with van der Waals surface area (Å²) in [7, 11) is -4.14. The van der Waals surface area contributed by atoms with Crippen LogP contribution in [0.15, 0.2) is 29.2 Å². The first-order valence-electron chi connectivity index (χ1n) is 15.9. The minimum absolute atomic E-state index is 0.0430. The Hall–Kier alpha value is -1.19. The smallest absolute Gasteiger partial charge is 0.240 e. The first-order chi connectivity index (χ1) is 20.5. The average molecular weight is 634 g/mol. The monoisotopic (exact) mass is 633 g/mol. The molecular weight excluding hydrogens is 578 g/mol. The maximum atomic E-state index is 13.1. The van der Waals surface area contributed by atoms with Crippen molar-refractivity contribution in [1.82, 2.24) is 4.72 Å². The molecule has 8 atom stereocenters. The predicted molar refractivity (Wildman–Crippen MR) is 163 cm³/mol.